The molecule has 86 valence electrons. The molecule has 2 aliphatic rings. The fraction of sp³-hybridized carbons (Fsp3) is 0.500. The third-order valence-electron chi connectivity index (χ3n) is 3.59. The van der Waals surface area contributed by atoms with E-state index in [4.69, 9.17) is 0 Å². The Hall–Kier alpha value is -1.04. The molecule has 0 nitrogen and oxygen atoms in total. The summed E-state index contributed by atoms with van der Waals surface area (Å²) in [6.07, 6.45) is 21.4. The normalized spacial score (nSPS) is 18.4. The molecule has 0 saturated heterocycles. The van der Waals surface area contributed by atoms with E-state index in [1.807, 2.05) is 0 Å². The van der Waals surface area contributed by atoms with Crippen LogP contribution in [0.25, 0.3) is 0 Å². The molecule has 2 rings (SSSR count). The summed E-state index contributed by atoms with van der Waals surface area (Å²) < 4.78 is 0. The van der Waals surface area contributed by atoms with Crippen molar-refractivity contribution in [3.05, 3.63) is 47.6 Å². The van der Waals surface area contributed by atoms with Gasteiger partial charge < -0.3 is 0 Å². The van der Waals surface area contributed by atoms with Crippen molar-refractivity contribution < 1.29 is 0 Å². The highest BCUT2D eigenvalue weighted by atomic mass is 14.2. The summed E-state index contributed by atoms with van der Waals surface area (Å²) in [6.45, 7) is 2.28. The number of unbranched alkanes of at least 4 members (excludes halogenated alkanes) is 2. The van der Waals surface area contributed by atoms with Gasteiger partial charge in [0.15, 0.2) is 0 Å². The van der Waals surface area contributed by atoms with Gasteiger partial charge in [-0.25, -0.2) is 0 Å². The van der Waals surface area contributed by atoms with Gasteiger partial charge in [0.2, 0.25) is 0 Å². The lowest BCUT2D eigenvalue weighted by Gasteiger charge is -2.20. The minimum absolute atomic E-state index is 0.719. The average molecular weight is 214 g/mol. The largest absolute Gasteiger partial charge is 0.0804 e. The van der Waals surface area contributed by atoms with Gasteiger partial charge >= 0.3 is 0 Å². The molecule has 16 heavy (non-hydrogen) atoms. The first-order valence-electron chi connectivity index (χ1n) is 6.63. The van der Waals surface area contributed by atoms with Crippen LogP contribution in [0.4, 0.5) is 0 Å². The molecule has 0 aliphatic heterocycles. The molecule has 0 N–H and O–H groups in total. The maximum absolute atomic E-state index is 2.33. The van der Waals surface area contributed by atoms with E-state index in [0.717, 1.165) is 5.92 Å². The predicted molar refractivity (Wildman–Crippen MR) is 71.3 cm³/mol. The van der Waals surface area contributed by atoms with Crippen molar-refractivity contribution in [1.29, 1.82) is 0 Å². The number of hydrogen-bond acceptors (Lipinski definition) is 0. The molecule has 0 saturated carbocycles. The lowest BCUT2D eigenvalue weighted by molar-refractivity contribution is 0.563. The zero-order valence-corrected chi connectivity index (χ0v) is 10.3. The van der Waals surface area contributed by atoms with Gasteiger partial charge in [-0.15, -0.1) is 0 Å². The quantitative estimate of drug-likeness (QED) is 0.548. The van der Waals surface area contributed by atoms with Crippen LogP contribution in [0.5, 0.6) is 0 Å². The molecule has 0 aromatic rings. The lowest BCUT2D eigenvalue weighted by atomic mass is 9.85. The van der Waals surface area contributed by atoms with Crippen LogP contribution in [-0.4, -0.2) is 0 Å². The summed E-state index contributed by atoms with van der Waals surface area (Å²) in [6, 6.07) is 0. The average Bonchev–Trinajstić information content (AvgIpc) is 2.97. The smallest absolute Gasteiger partial charge is 0.00194 e. The first-order valence-corrected chi connectivity index (χ1v) is 6.63. The van der Waals surface area contributed by atoms with Gasteiger partial charge in [0.25, 0.3) is 0 Å². The molecule has 0 spiro atoms. The Kier molecular flexibility index (Phi) is 4.21. The van der Waals surface area contributed by atoms with Gasteiger partial charge in [-0.3, -0.25) is 0 Å². The molecular formula is C16H22. The zero-order chi connectivity index (χ0) is 11.2. The standard InChI is InChI=1S/C16H22/c1-2-3-4-13-16(14-9-5-6-10-14)15-11-7-8-12-15/h5-9,11,16H,2-4,10,12-13H2,1H3. The molecule has 0 atom stereocenters. The van der Waals surface area contributed by atoms with Crippen molar-refractivity contribution in [1.82, 2.24) is 0 Å². The lowest BCUT2D eigenvalue weighted by Crippen LogP contribution is -2.06. The molecule has 0 aromatic heterocycles. The van der Waals surface area contributed by atoms with Crippen LogP contribution in [0.2, 0.25) is 0 Å². The Bertz CT molecular complexity index is 309. The Balaban J connectivity index is 1.96. The fourth-order valence-electron chi connectivity index (χ4n) is 2.65. The van der Waals surface area contributed by atoms with Crippen molar-refractivity contribution in [2.45, 2.75) is 45.4 Å². The number of rotatable bonds is 6. The van der Waals surface area contributed by atoms with E-state index in [-0.39, 0.29) is 0 Å². The Morgan fingerprint density at radius 2 is 1.62 bits per heavy atom. The maximum atomic E-state index is 2.33. The number of hydrogen-bond donors (Lipinski definition) is 0. The molecule has 0 radical (unpaired) electrons. The summed E-state index contributed by atoms with van der Waals surface area (Å²) in [5.74, 6) is 0.719. The molecule has 0 aromatic carbocycles. The van der Waals surface area contributed by atoms with Gasteiger partial charge in [0.1, 0.15) is 0 Å². The summed E-state index contributed by atoms with van der Waals surface area (Å²) >= 11 is 0. The van der Waals surface area contributed by atoms with Crippen molar-refractivity contribution in [2.24, 2.45) is 5.92 Å². The molecule has 2 aliphatic carbocycles. The van der Waals surface area contributed by atoms with Crippen LogP contribution in [0.3, 0.4) is 0 Å². The topological polar surface area (TPSA) is 0 Å². The molecule has 0 heterocycles. The predicted octanol–water partition coefficient (Wildman–Crippen LogP) is 4.96. The Labute approximate surface area is 99.4 Å². The first-order chi connectivity index (χ1) is 7.92. The first kappa shape index (κ1) is 11.4. The molecule has 0 bridgehead atoms. The summed E-state index contributed by atoms with van der Waals surface area (Å²) in [7, 11) is 0. The van der Waals surface area contributed by atoms with Gasteiger partial charge in [-0.1, -0.05) is 73.8 Å². The maximum Gasteiger partial charge on any atom is 0.00194 e. The molecular weight excluding hydrogens is 192 g/mol. The van der Waals surface area contributed by atoms with Crippen molar-refractivity contribution in [3.8, 4) is 0 Å². The molecule has 0 fully saturated rings. The monoisotopic (exact) mass is 214 g/mol. The highest BCUT2D eigenvalue weighted by Gasteiger charge is 2.19. The van der Waals surface area contributed by atoms with E-state index in [2.05, 4.69) is 43.4 Å². The van der Waals surface area contributed by atoms with Gasteiger partial charge in [-0.2, -0.15) is 0 Å². The highest BCUT2D eigenvalue weighted by molar-refractivity contribution is 5.35. The van der Waals surface area contributed by atoms with Gasteiger partial charge in [0.05, 0.1) is 0 Å². The van der Waals surface area contributed by atoms with E-state index < -0.39 is 0 Å². The molecule has 0 amide bonds. The summed E-state index contributed by atoms with van der Waals surface area (Å²) in [4.78, 5) is 0. The van der Waals surface area contributed by atoms with E-state index in [9.17, 15) is 0 Å². The van der Waals surface area contributed by atoms with E-state index in [0.29, 0.717) is 0 Å². The van der Waals surface area contributed by atoms with Crippen molar-refractivity contribution >= 4 is 0 Å². The second-order valence-corrected chi connectivity index (χ2v) is 4.80. The summed E-state index contributed by atoms with van der Waals surface area (Å²) in [5.41, 5.74) is 3.26. The minimum atomic E-state index is 0.719. The van der Waals surface area contributed by atoms with E-state index in [1.165, 1.54) is 38.5 Å². The Morgan fingerprint density at radius 1 is 1.00 bits per heavy atom. The van der Waals surface area contributed by atoms with Crippen molar-refractivity contribution in [2.75, 3.05) is 0 Å². The zero-order valence-electron chi connectivity index (χ0n) is 10.3. The second kappa shape index (κ2) is 5.89. The van der Waals surface area contributed by atoms with Crippen LogP contribution < -0.4 is 0 Å². The number of allylic oxidation sites excluding steroid dienone is 8. The van der Waals surface area contributed by atoms with Gasteiger partial charge in [-0.05, 0) is 19.3 Å². The van der Waals surface area contributed by atoms with E-state index >= 15 is 0 Å². The van der Waals surface area contributed by atoms with E-state index in [1.54, 1.807) is 11.1 Å². The highest BCUT2D eigenvalue weighted by Crippen LogP contribution is 2.34. The molecule has 0 unspecified atom stereocenters. The van der Waals surface area contributed by atoms with Crippen LogP contribution in [0, 0.1) is 5.92 Å². The molecule has 0 heteroatoms. The summed E-state index contributed by atoms with van der Waals surface area (Å²) in [5, 5.41) is 0. The fourth-order valence-corrected chi connectivity index (χ4v) is 2.65. The second-order valence-electron chi connectivity index (χ2n) is 4.80. The SMILES string of the molecule is CCCCCC(C1=CC=CC1)C1=CC=CC1. The van der Waals surface area contributed by atoms with Crippen LogP contribution in [0.15, 0.2) is 47.6 Å². The van der Waals surface area contributed by atoms with Gasteiger partial charge in [0, 0.05) is 5.92 Å². The van der Waals surface area contributed by atoms with Crippen LogP contribution in [0.1, 0.15) is 45.4 Å². The third-order valence-corrected chi connectivity index (χ3v) is 3.59. The Morgan fingerprint density at radius 3 is 2.06 bits per heavy atom. The third kappa shape index (κ3) is 2.75. The van der Waals surface area contributed by atoms with Crippen LogP contribution in [-0.2, 0) is 0 Å². The van der Waals surface area contributed by atoms with Crippen molar-refractivity contribution in [3.63, 3.8) is 0 Å². The van der Waals surface area contributed by atoms with Crippen LogP contribution >= 0.6 is 0 Å². The minimum Gasteiger partial charge on any atom is -0.0804 e.